The molecule has 0 fully saturated rings. The van der Waals surface area contributed by atoms with Gasteiger partial charge >= 0.3 is 0 Å². The molecule has 0 spiro atoms. The number of para-hydroxylation sites is 1. The van der Waals surface area contributed by atoms with Crippen LogP contribution in [0.15, 0.2) is 42.5 Å². The van der Waals surface area contributed by atoms with E-state index in [1.807, 2.05) is 24.3 Å². The van der Waals surface area contributed by atoms with Crippen LogP contribution in [-0.2, 0) is 6.42 Å². The molecule has 1 aliphatic rings. The highest BCUT2D eigenvalue weighted by atomic mass is 16.3. The van der Waals surface area contributed by atoms with Crippen molar-refractivity contribution in [2.45, 2.75) is 12.5 Å². The molecule has 1 aromatic heterocycles. The summed E-state index contributed by atoms with van der Waals surface area (Å²) in [5.41, 5.74) is 4.17. The number of phenols is 2. The summed E-state index contributed by atoms with van der Waals surface area (Å²) in [5, 5.41) is 24.3. The number of aromatic hydroxyl groups is 2. The Hall–Kier alpha value is -2.46. The van der Waals surface area contributed by atoms with Crippen molar-refractivity contribution in [2.75, 3.05) is 6.54 Å². The highest BCUT2D eigenvalue weighted by molar-refractivity contribution is 5.86. The number of aromatic nitrogens is 1. The Balaban J connectivity index is 1.92. The lowest BCUT2D eigenvalue weighted by atomic mass is 9.94. The minimum Gasteiger partial charge on any atom is -0.508 e. The van der Waals surface area contributed by atoms with Crippen LogP contribution in [0.1, 0.15) is 22.9 Å². The molecule has 4 rings (SSSR count). The highest BCUT2D eigenvalue weighted by Gasteiger charge is 2.26. The topological polar surface area (TPSA) is 68.3 Å². The zero-order valence-electron chi connectivity index (χ0n) is 11.4. The highest BCUT2D eigenvalue weighted by Crippen LogP contribution is 2.37. The van der Waals surface area contributed by atoms with Crippen LogP contribution in [0.5, 0.6) is 11.5 Å². The molecule has 3 aromatic rings. The maximum atomic E-state index is 10.1. The molecule has 2 heterocycles. The van der Waals surface area contributed by atoms with Crippen LogP contribution in [0.4, 0.5) is 0 Å². The van der Waals surface area contributed by atoms with Crippen molar-refractivity contribution >= 4 is 10.9 Å². The minimum atomic E-state index is -0.0514. The lowest BCUT2D eigenvalue weighted by molar-refractivity contribution is 0.452. The van der Waals surface area contributed by atoms with Crippen LogP contribution in [-0.4, -0.2) is 21.7 Å². The second-order valence-electron chi connectivity index (χ2n) is 5.44. The van der Waals surface area contributed by atoms with Crippen molar-refractivity contribution in [2.24, 2.45) is 0 Å². The predicted octanol–water partition coefficient (Wildman–Crippen LogP) is 2.81. The summed E-state index contributed by atoms with van der Waals surface area (Å²) in [6, 6.07) is 12.7. The molecule has 0 aliphatic carbocycles. The molecule has 0 saturated heterocycles. The lowest BCUT2D eigenvalue weighted by Crippen LogP contribution is -2.30. The standard InChI is InChI=1S/C17H16N2O2/c20-10-5-6-14-13(9-10)11-7-8-18-16(17(11)19-14)12-3-1-2-4-15(12)21/h1-6,9,16,18-21H,7-8H2. The average Bonchev–Trinajstić information content (AvgIpc) is 2.86. The van der Waals surface area contributed by atoms with Crippen LogP contribution >= 0.6 is 0 Å². The maximum absolute atomic E-state index is 10.1. The molecular formula is C17H16N2O2. The molecule has 1 atom stereocenters. The van der Waals surface area contributed by atoms with Gasteiger partial charge < -0.3 is 20.5 Å². The Morgan fingerprint density at radius 2 is 1.90 bits per heavy atom. The lowest BCUT2D eigenvalue weighted by Gasteiger charge is -2.25. The predicted molar refractivity (Wildman–Crippen MR) is 81.6 cm³/mol. The van der Waals surface area contributed by atoms with Crippen LogP contribution in [0.3, 0.4) is 0 Å². The molecule has 4 heteroatoms. The zero-order valence-corrected chi connectivity index (χ0v) is 11.4. The SMILES string of the molecule is Oc1ccc2[nH]c3c(c2c1)CCNC3c1ccccc1O. The molecule has 2 aromatic carbocycles. The number of fused-ring (bicyclic) bond motifs is 3. The molecule has 4 N–H and O–H groups in total. The summed E-state index contributed by atoms with van der Waals surface area (Å²) in [7, 11) is 0. The molecule has 4 nitrogen and oxygen atoms in total. The Morgan fingerprint density at radius 1 is 1.05 bits per heavy atom. The smallest absolute Gasteiger partial charge is 0.120 e. The van der Waals surface area contributed by atoms with E-state index in [1.165, 1.54) is 5.56 Å². The second kappa shape index (κ2) is 4.53. The van der Waals surface area contributed by atoms with Gasteiger partial charge in [0.05, 0.1) is 6.04 Å². The van der Waals surface area contributed by atoms with Gasteiger partial charge in [0.15, 0.2) is 0 Å². The maximum Gasteiger partial charge on any atom is 0.120 e. The summed E-state index contributed by atoms with van der Waals surface area (Å²) >= 11 is 0. The first-order valence-corrected chi connectivity index (χ1v) is 7.09. The van der Waals surface area contributed by atoms with Crippen molar-refractivity contribution < 1.29 is 10.2 Å². The van der Waals surface area contributed by atoms with Gasteiger partial charge in [-0.1, -0.05) is 18.2 Å². The van der Waals surface area contributed by atoms with E-state index in [4.69, 9.17) is 0 Å². The van der Waals surface area contributed by atoms with Crippen molar-refractivity contribution in [1.82, 2.24) is 10.3 Å². The summed E-state index contributed by atoms with van der Waals surface area (Å²) in [4.78, 5) is 3.43. The monoisotopic (exact) mass is 280 g/mol. The first kappa shape index (κ1) is 12.3. The molecule has 21 heavy (non-hydrogen) atoms. The van der Waals surface area contributed by atoms with Crippen LogP contribution in [0.25, 0.3) is 10.9 Å². The second-order valence-corrected chi connectivity index (χ2v) is 5.44. The first-order valence-electron chi connectivity index (χ1n) is 7.09. The Kier molecular flexibility index (Phi) is 2.65. The van der Waals surface area contributed by atoms with E-state index >= 15 is 0 Å². The fourth-order valence-electron chi connectivity index (χ4n) is 3.21. The van der Waals surface area contributed by atoms with Gasteiger partial charge in [-0.2, -0.15) is 0 Å². The van der Waals surface area contributed by atoms with E-state index in [2.05, 4.69) is 10.3 Å². The van der Waals surface area contributed by atoms with Crippen molar-refractivity contribution in [3.05, 3.63) is 59.3 Å². The minimum absolute atomic E-state index is 0.0514. The third-order valence-electron chi connectivity index (χ3n) is 4.18. The Bertz CT molecular complexity index is 823. The van der Waals surface area contributed by atoms with Crippen LogP contribution in [0, 0.1) is 0 Å². The normalized spacial score (nSPS) is 17.8. The molecule has 1 aliphatic heterocycles. The quantitative estimate of drug-likeness (QED) is 0.554. The Labute approximate surface area is 122 Å². The van der Waals surface area contributed by atoms with Gasteiger partial charge in [0.1, 0.15) is 11.5 Å². The van der Waals surface area contributed by atoms with Gasteiger partial charge in [-0.25, -0.2) is 0 Å². The largest absolute Gasteiger partial charge is 0.508 e. The number of aromatic amines is 1. The van der Waals surface area contributed by atoms with Crippen LogP contribution in [0.2, 0.25) is 0 Å². The number of hydrogen-bond acceptors (Lipinski definition) is 3. The van der Waals surface area contributed by atoms with E-state index < -0.39 is 0 Å². The number of rotatable bonds is 1. The summed E-state index contributed by atoms with van der Waals surface area (Å²) in [6.45, 7) is 0.842. The molecule has 0 bridgehead atoms. The summed E-state index contributed by atoms with van der Waals surface area (Å²) < 4.78 is 0. The fourth-order valence-corrected chi connectivity index (χ4v) is 3.21. The number of benzene rings is 2. The number of H-pyrrole nitrogens is 1. The summed E-state index contributed by atoms with van der Waals surface area (Å²) in [6.07, 6.45) is 0.906. The van der Waals surface area contributed by atoms with Crippen LogP contribution < -0.4 is 5.32 Å². The zero-order chi connectivity index (χ0) is 14.4. The van der Waals surface area contributed by atoms with Gasteiger partial charge in [0.25, 0.3) is 0 Å². The summed E-state index contributed by atoms with van der Waals surface area (Å²) in [5.74, 6) is 0.575. The third-order valence-corrected chi connectivity index (χ3v) is 4.18. The van der Waals surface area contributed by atoms with E-state index in [0.29, 0.717) is 5.75 Å². The molecule has 0 amide bonds. The van der Waals surface area contributed by atoms with E-state index in [-0.39, 0.29) is 11.8 Å². The van der Waals surface area contributed by atoms with E-state index in [0.717, 1.165) is 35.1 Å². The first-order chi connectivity index (χ1) is 10.2. The average molecular weight is 280 g/mol. The number of hydrogen-bond donors (Lipinski definition) is 4. The number of phenolic OH excluding ortho intramolecular Hbond substituents is 2. The third kappa shape index (κ3) is 1.87. The van der Waals surface area contributed by atoms with Gasteiger partial charge in [0.2, 0.25) is 0 Å². The molecule has 106 valence electrons. The van der Waals surface area contributed by atoms with E-state index in [1.54, 1.807) is 18.2 Å². The Morgan fingerprint density at radius 3 is 2.76 bits per heavy atom. The molecule has 1 unspecified atom stereocenters. The van der Waals surface area contributed by atoms with Gasteiger partial charge in [-0.05, 0) is 36.2 Å². The fraction of sp³-hybridized carbons (Fsp3) is 0.176. The molecule has 0 saturated carbocycles. The van der Waals surface area contributed by atoms with Gasteiger partial charge in [-0.3, -0.25) is 0 Å². The number of nitrogens with one attached hydrogen (secondary N) is 2. The van der Waals surface area contributed by atoms with Crippen molar-refractivity contribution in [1.29, 1.82) is 0 Å². The van der Waals surface area contributed by atoms with Gasteiger partial charge in [-0.15, -0.1) is 0 Å². The van der Waals surface area contributed by atoms with Crippen molar-refractivity contribution in [3.8, 4) is 11.5 Å². The molecule has 0 radical (unpaired) electrons. The van der Waals surface area contributed by atoms with E-state index in [9.17, 15) is 10.2 Å². The van der Waals surface area contributed by atoms with Gasteiger partial charge in [0, 0.05) is 28.7 Å². The van der Waals surface area contributed by atoms with Crippen molar-refractivity contribution in [3.63, 3.8) is 0 Å². The molecular weight excluding hydrogens is 264 g/mol.